The molecule has 1 aliphatic heterocycles. The van der Waals surface area contributed by atoms with Crippen molar-refractivity contribution in [2.45, 2.75) is 52.0 Å². The highest BCUT2D eigenvalue weighted by Gasteiger charge is 2.20. The number of hydrogen-bond donors (Lipinski definition) is 1. The molecule has 2 nitrogen and oxygen atoms in total. The Morgan fingerprint density at radius 2 is 1.90 bits per heavy atom. The Balaban J connectivity index is 2.11. The molecule has 1 aromatic carbocycles. The molecular formula is C18H30N2. The zero-order chi connectivity index (χ0) is 14.2. The molecule has 0 amide bonds. The van der Waals surface area contributed by atoms with Crippen LogP contribution in [0.1, 0.15) is 56.7 Å². The van der Waals surface area contributed by atoms with Crippen molar-refractivity contribution in [3.05, 3.63) is 35.4 Å². The average Bonchev–Trinajstić information content (AvgIpc) is 2.77. The van der Waals surface area contributed by atoms with Crippen molar-refractivity contribution in [2.24, 2.45) is 0 Å². The molecule has 0 aromatic heterocycles. The lowest BCUT2D eigenvalue weighted by Crippen LogP contribution is -2.32. The van der Waals surface area contributed by atoms with Gasteiger partial charge in [0.25, 0.3) is 0 Å². The molecule has 1 unspecified atom stereocenters. The Bertz CT molecular complexity index is 364. The zero-order valence-corrected chi connectivity index (χ0v) is 13.2. The van der Waals surface area contributed by atoms with Gasteiger partial charge in [0.05, 0.1) is 0 Å². The summed E-state index contributed by atoms with van der Waals surface area (Å²) in [5.74, 6) is 0. The second kappa shape index (κ2) is 8.43. The molecule has 1 fully saturated rings. The van der Waals surface area contributed by atoms with Crippen LogP contribution in [0.3, 0.4) is 0 Å². The summed E-state index contributed by atoms with van der Waals surface area (Å²) in [5, 5.41) is 3.52. The minimum Gasteiger partial charge on any atom is -0.315 e. The molecule has 0 saturated carbocycles. The van der Waals surface area contributed by atoms with Crippen LogP contribution < -0.4 is 5.32 Å². The molecule has 2 rings (SSSR count). The summed E-state index contributed by atoms with van der Waals surface area (Å²) in [6.07, 6.45) is 6.31. The smallest absolute Gasteiger partial charge is 0.0348 e. The Hall–Kier alpha value is -0.860. The Morgan fingerprint density at radius 3 is 2.60 bits per heavy atom. The molecular weight excluding hydrogens is 244 g/mol. The number of aryl methyl sites for hydroxylation is 1. The van der Waals surface area contributed by atoms with Crippen molar-refractivity contribution in [1.29, 1.82) is 0 Å². The number of benzene rings is 1. The highest BCUT2D eigenvalue weighted by atomic mass is 15.2. The van der Waals surface area contributed by atoms with E-state index in [0.29, 0.717) is 6.04 Å². The van der Waals surface area contributed by atoms with Crippen LogP contribution in [0.4, 0.5) is 0 Å². The molecule has 1 saturated heterocycles. The normalized spacial score (nSPS) is 18.7. The first kappa shape index (κ1) is 15.5. The molecule has 1 aromatic rings. The van der Waals surface area contributed by atoms with Gasteiger partial charge in [-0.1, -0.05) is 51.0 Å². The predicted octanol–water partition coefficient (Wildman–Crippen LogP) is 3.78. The Labute approximate surface area is 124 Å². The van der Waals surface area contributed by atoms with Crippen molar-refractivity contribution < 1.29 is 0 Å². The summed E-state index contributed by atoms with van der Waals surface area (Å²) in [7, 11) is 0. The van der Waals surface area contributed by atoms with Crippen molar-refractivity contribution in [3.8, 4) is 0 Å². The number of rotatable bonds is 6. The van der Waals surface area contributed by atoms with Crippen LogP contribution in [0.5, 0.6) is 0 Å². The van der Waals surface area contributed by atoms with E-state index >= 15 is 0 Å². The summed E-state index contributed by atoms with van der Waals surface area (Å²) in [6.45, 7) is 9.24. The second-order valence-corrected chi connectivity index (χ2v) is 5.89. The van der Waals surface area contributed by atoms with Gasteiger partial charge in [0, 0.05) is 25.7 Å². The van der Waals surface area contributed by atoms with Gasteiger partial charge >= 0.3 is 0 Å². The van der Waals surface area contributed by atoms with Gasteiger partial charge in [-0.15, -0.1) is 0 Å². The van der Waals surface area contributed by atoms with E-state index in [1.54, 1.807) is 0 Å². The van der Waals surface area contributed by atoms with E-state index in [-0.39, 0.29) is 0 Å². The van der Waals surface area contributed by atoms with E-state index < -0.39 is 0 Å². The molecule has 1 atom stereocenters. The summed E-state index contributed by atoms with van der Waals surface area (Å²) in [6, 6.07) is 9.95. The monoisotopic (exact) mass is 274 g/mol. The lowest BCUT2D eigenvalue weighted by molar-refractivity contribution is 0.197. The van der Waals surface area contributed by atoms with Crippen molar-refractivity contribution >= 4 is 0 Å². The quantitative estimate of drug-likeness (QED) is 0.849. The summed E-state index contributed by atoms with van der Waals surface area (Å²) in [4.78, 5) is 2.69. The van der Waals surface area contributed by atoms with Gasteiger partial charge in [0.15, 0.2) is 0 Å². The fraction of sp³-hybridized carbons (Fsp3) is 0.667. The molecule has 20 heavy (non-hydrogen) atoms. The van der Waals surface area contributed by atoms with Gasteiger partial charge in [0.2, 0.25) is 0 Å². The van der Waals surface area contributed by atoms with Crippen LogP contribution in [0.25, 0.3) is 0 Å². The number of nitrogens with one attached hydrogen (secondary N) is 1. The fourth-order valence-electron chi connectivity index (χ4n) is 3.11. The fourth-order valence-corrected chi connectivity index (χ4v) is 3.11. The minimum absolute atomic E-state index is 0.612. The van der Waals surface area contributed by atoms with E-state index in [1.165, 1.54) is 56.4 Å². The molecule has 1 N–H and O–H groups in total. The molecule has 0 bridgehead atoms. The summed E-state index contributed by atoms with van der Waals surface area (Å²) >= 11 is 0. The summed E-state index contributed by atoms with van der Waals surface area (Å²) < 4.78 is 0. The standard InChI is InChI=1S/C18H30N2/c1-3-5-7-18(20-14-6-12-19-13-15-20)17-10-8-16(4-2)9-11-17/h8-11,18-19H,3-7,12-15H2,1-2H3. The maximum atomic E-state index is 3.52. The number of nitrogens with zero attached hydrogens (tertiary/aromatic N) is 1. The predicted molar refractivity (Wildman–Crippen MR) is 87.1 cm³/mol. The number of unbranched alkanes of at least 4 members (excludes halogenated alkanes) is 1. The highest BCUT2D eigenvalue weighted by molar-refractivity contribution is 5.25. The van der Waals surface area contributed by atoms with Crippen LogP contribution in [0.2, 0.25) is 0 Å². The van der Waals surface area contributed by atoms with E-state index in [9.17, 15) is 0 Å². The maximum Gasteiger partial charge on any atom is 0.0348 e. The molecule has 0 radical (unpaired) electrons. The van der Waals surface area contributed by atoms with Gasteiger partial charge in [-0.05, 0) is 36.9 Å². The van der Waals surface area contributed by atoms with Crippen LogP contribution >= 0.6 is 0 Å². The Kier molecular flexibility index (Phi) is 6.55. The highest BCUT2D eigenvalue weighted by Crippen LogP contribution is 2.27. The molecule has 0 aliphatic carbocycles. The van der Waals surface area contributed by atoms with E-state index in [1.807, 2.05) is 0 Å². The van der Waals surface area contributed by atoms with Gasteiger partial charge in [-0.25, -0.2) is 0 Å². The SMILES string of the molecule is CCCCC(c1ccc(CC)cc1)N1CCCNCC1. The van der Waals surface area contributed by atoms with Crippen LogP contribution in [-0.2, 0) is 6.42 Å². The maximum absolute atomic E-state index is 3.52. The average molecular weight is 274 g/mol. The van der Waals surface area contributed by atoms with E-state index in [0.717, 1.165) is 13.0 Å². The third-order valence-corrected chi connectivity index (χ3v) is 4.42. The third-order valence-electron chi connectivity index (χ3n) is 4.42. The van der Waals surface area contributed by atoms with Crippen LogP contribution in [-0.4, -0.2) is 31.1 Å². The topological polar surface area (TPSA) is 15.3 Å². The van der Waals surface area contributed by atoms with Crippen molar-refractivity contribution in [2.75, 3.05) is 26.2 Å². The van der Waals surface area contributed by atoms with E-state index in [4.69, 9.17) is 0 Å². The zero-order valence-electron chi connectivity index (χ0n) is 13.2. The van der Waals surface area contributed by atoms with Gasteiger partial charge < -0.3 is 5.32 Å². The first-order valence-corrected chi connectivity index (χ1v) is 8.38. The second-order valence-electron chi connectivity index (χ2n) is 5.89. The minimum atomic E-state index is 0.612. The molecule has 112 valence electrons. The van der Waals surface area contributed by atoms with Gasteiger partial charge in [0.1, 0.15) is 0 Å². The first-order valence-electron chi connectivity index (χ1n) is 8.38. The van der Waals surface area contributed by atoms with Crippen LogP contribution in [0.15, 0.2) is 24.3 Å². The van der Waals surface area contributed by atoms with E-state index in [2.05, 4.69) is 48.3 Å². The third kappa shape index (κ3) is 4.32. The summed E-state index contributed by atoms with van der Waals surface area (Å²) in [5.41, 5.74) is 2.96. The lowest BCUT2D eigenvalue weighted by atomic mass is 9.97. The molecule has 2 heteroatoms. The lowest BCUT2D eigenvalue weighted by Gasteiger charge is -2.31. The van der Waals surface area contributed by atoms with Gasteiger partial charge in [-0.3, -0.25) is 4.90 Å². The molecule has 1 aliphatic rings. The molecule has 1 heterocycles. The number of hydrogen-bond acceptors (Lipinski definition) is 2. The largest absolute Gasteiger partial charge is 0.315 e. The molecule has 0 spiro atoms. The van der Waals surface area contributed by atoms with Crippen molar-refractivity contribution in [3.63, 3.8) is 0 Å². The first-order chi connectivity index (χ1) is 9.85. The van der Waals surface area contributed by atoms with Crippen molar-refractivity contribution in [1.82, 2.24) is 10.2 Å². The Morgan fingerprint density at radius 1 is 1.10 bits per heavy atom. The van der Waals surface area contributed by atoms with Gasteiger partial charge in [-0.2, -0.15) is 0 Å². The van der Waals surface area contributed by atoms with Crippen LogP contribution in [0, 0.1) is 0 Å².